The van der Waals surface area contributed by atoms with Crippen LogP contribution in [0.25, 0.3) is 6.08 Å². The first-order valence-corrected chi connectivity index (χ1v) is 11.9. The van der Waals surface area contributed by atoms with Gasteiger partial charge in [0.05, 0.1) is 17.0 Å². The lowest BCUT2D eigenvalue weighted by Gasteiger charge is -2.38. The number of β-lactam (4-membered cyclic amide) rings is 1. The lowest BCUT2D eigenvalue weighted by Crippen LogP contribution is -2.56. The van der Waals surface area contributed by atoms with E-state index in [1.807, 2.05) is 18.2 Å². The number of esters is 1. The van der Waals surface area contributed by atoms with E-state index in [2.05, 4.69) is 4.98 Å². The summed E-state index contributed by atoms with van der Waals surface area (Å²) in [6.07, 6.45) is 3.23. The molecule has 0 saturated carbocycles. The quantitative estimate of drug-likeness (QED) is 0.288. The van der Waals surface area contributed by atoms with E-state index in [9.17, 15) is 18.0 Å². The zero-order valence-electron chi connectivity index (χ0n) is 15.6. The fourth-order valence-corrected chi connectivity index (χ4v) is 6.41. The maximum Gasteiger partial charge on any atom is 0.332 e. The van der Waals surface area contributed by atoms with Crippen molar-refractivity contribution < 1.29 is 27.5 Å². The number of nitrogens with zero attached hydrogens (tertiary/aromatic N) is 3. The number of fused-ring (bicyclic) bond motifs is 2. The summed E-state index contributed by atoms with van der Waals surface area (Å²) in [5.74, 6) is 0.275. The number of carbonyl (C=O) groups excluding carboxylic acids is 2. The van der Waals surface area contributed by atoms with E-state index in [1.165, 1.54) is 16.7 Å². The van der Waals surface area contributed by atoms with E-state index in [4.69, 9.17) is 9.47 Å². The van der Waals surface area contributed by atoms with Gasteiger partial charge in [-0.1, -0.05) is 18.2 Å². The van der Waals surface area contributed by atoms with Crippen molar-refractivity contribution in [3.63, 3.8) is 0 Å². The first kappa shape index (κ1) is 19.2. The first-order valence-electron chi connectivity index (χ1n) is 9.24. The lowest BCUT2D eigenvalue weighted by atomic mass is 10.0. The van der Waals surface area contributed by atoms with E-state index in [1.54, 1.807) is 29.0 Å². The van der Waals surface area contributed by atoms with Crippen LogP contribution in [0.15, 0.2) is 47.3 Å². The fourth-order valence-electron chi connectivity index (χ4n) is 3.63. The molecule has 2 aromatic rings. The van der Waals surface area contributed by atoms with Crippen LogP contribution < -0.4 is 4.74 Å². The molecule has 0 radical (unpaired) electrons. The Morgan fingerprint density at radius 1 is 1.30 bits per heavy atom. The monoisotopic (exact) mass is 447 g/mol. The minimum atomic E-state index is -3.34. The number of carbonyl (C=O) groups is 2. The zero-order valence-corrected chi connectivity index (χ0v) is 17.3. The number of para-hydroxylation sites is 1. The van der Waals surface area contributed by atoms with Crippen LogP contribution in [0.3, 0.4) is 0 Å². The normalized spacial score (nSPS) is 25.0. The van der Waals surface area contributed by atoms with Gasteiger partial charge < -0.3 is 18.9 Å². The largest absolute Gasteiger partial charge is 0.457 e. The molecule has 11 heteroatoms. The third-order valence-corrected chi connectivity index (χ3v) is 8.04. The molecule has 30 heavy (non-hydrogen) atoms. The minimum Gasteiger partial charge on any atom is -0.457 e. The summed E-state index contributed by atoms with van der Waals surface area (Å²) in [5.41, 5.74) is 0.934. The maximum atomic E-state index is 12.6. The molecule has 4 heterocycles. The average Bonchev–Trinajstić information content (AvgIpc) is 3.40. The van der Waals surface area contributed by atoms with Gasteiger partial charge in [-0.25, -0.2) is 18.2 Å². The van der Waals surface area contributed by atoms with Crippen LogP contribution in [0.4, 0.5) is 0 Å². The van der Waals surface area contributed by atoms with Gasteiger partial charge >= 0.3 is 5.97 Å². The van der Waals surface area contributed by atoms with Crippen LogP contribution in [0.5, 0.6) is 5.75 Å². The van der Waals surface area contributed by atoms with Crippen molar-refractivity contribution in [2.75, 3.05) is 18.3 Å². The SMILES string of the molecule is O=C(OCOc1ccccc1)C1CSC2C(=Cc3cn4c(n3)S(=O)(=O)CC4)C(=O)N12. The maximum absolute atomic E-state index is 12.6. The Balaban J connectivity index is 1.23. The van der Waals surface area contributed by atoms with Crippen LogP contribution in [-0.2, 0) is 30.7 Å². The number of amides is 1. The van der Waals surface area contributed by atoms with Crippen molar-refractivity contribution in [3.05, 3.63) is 47.8 Å². The number of aryl methyl sites for hydroxylation is 1. The molecule has 156 valence electrons. The minimum absolute atomic E-state index is 0.0388. The Morgan fingerprint density at radius 2 is 2.10 bits per heavy atom. The number of hydrogen-bond donors (Lipinski definition) is 0. The lowest BCUT2D eigenvalue weighted by molar-refractivity contribution is -0.160. The molecule has 9 nitrogen and oxygen atoms in total. The van der Waals surface area contributed by atoms with Gasteiger partial charge in [-0.05, 0) is 18.2 Å². The number of sulfone groups is 1. The molecule has 1 aromatic carbocycles. The van der Waals surface area contributed by atoms with E-state index in [0.717, 1.165) is 0 Å². The van der Waals surface area contributed by atoms with Crippen LogP contribution in [0.1, 0.15) is 5.69 Å². The molecule has 0 N–H and O–H groups in total. The highest BCUT2D eigenvalue weighted by Crippen LogP contribution is 2.44. The predicted molar refractivity (Wildman–Crippen MR) is 107 cm³/mol. The van der Waals surface area contributed by atoms with Gasteiger partial charge in [-0.15, -0.1) is 11.8 Å². The van der Waals surface area contributed by atoms with Crippen molar-refractivity contribution in [3.8, 4) is 5.75 Å². The molecule has 2 unspecified atom stereocenters. The van der Waals surface area contributed by atoms with Gasteiger partial charge in [0.2, 0.25) is 21.8 Å². The molecule has 3 aliphatic rings. The highest BCUT2D eigenvalue weighted by Gasteiger charge is 2.53. The second-order valence-corrected chi connectivity index (χ2v) is 10.1. The molecule has 3 aliphatic heterocycles. The molecule has 5 rings (SSSR count). The number of hydrogen-bond acceptors (Lipinski definition) is 8. The van der Waals surface area contributed by atoms with Gasteiger partial charge in [0.15, 0.2) is 0 Å². The van der Waals surface area contributed by atoms with Gasteiger partial charge in [0, 0.05) is 18.5 Å². The molecular formula is C19H17N3O6S2. The number of aromatic nitrogens is 2. The smallest absolute Gasteiger partial charge is 0.332 e. The third kappa shape index (κ3) is 3.18. The Bertz CT molecular complexity index is 1160. The van der Waals surface area contributed by atoms with E-state index >= 15 is 0 Å². The number of thioether (sulfide) groups is 1. The molecule has 0 spiro atoms. The highest BCUT2D eigenvalue weighted by atomic mass is 32.2. The van der Waals surface area contributed by atoms with E-state index < -0.39 is 21.8 Å². The number of benzene rings is 1. The van der Waals surface area contributed by atoms with E-state index in [0.29, 0.717) is 29.3 Å². The molecule has 2 atom stereocenters. The summed E-state index contributed by atoms with van der Waals surface area (Å²) in [4.78, 5) is 30.6. The zero-order chi connectivity index (χ0) is 20.9. The molecule has 2 saturated heterocycles. The van der Waals surface area contributed by atoms with Crippen molar-refractivity contribution >= 4 is 39.6 Å². The van der Waals surface area contributed by atoms with Crippen molar-refractivity contribution in [1.82, 2.24) is 14.5 Å². The summed E-state index contributed by atoms with van der Waals surface area (Å²) in [6, 6.07) is 8.31. The molecule has 1 amide bonds. The van der Waals surface area contributed by atoms with Gasteiger partial charge in [-0.2, -0.15) is 0 Å². The topological polar surface area (TPSA) is 108 Å². The number of ether oxygens (including phenoxy) is 2. The van der Waals surface area contributed by atoms with Crippen LogP contribution in [-0.4, -0.2) is 64.5 Å². The van der Waals surface area contributed by atoms with Crippen LogP contribution in [0, 0.1) is 0 Å². The van der Waals surface area contributed by atoms with Gasteiger partial charge in [0.1, 0.15) is 17.2 Å². The molecular weight excluding hydrogens is 430 g/mol. The average molecular weight is 447 g/mol. The Hall–Kier alpha value is -2.79. The van der Waals surface area contributed by atoms with E-state index in [-0.39, 0.29) is 29.0 Å². The highest BCUT2D eigenvalue weighted by molar-refractivity contribution is 8.00. The summed E-state index contributed by atoms with van der Waals surface area (Å²) in [5, 5.41) is -0.227. The fraction of sp³-hybridized carbons (Fsp3) is 0.316. The second kappa shape index (κ2) is 7.17. The summed E-state index contributed by atoms with van der Waals surface area (Å²) < 4.78 is 36.0. The molecule has 1 aromatic heterocycles. The third-order valence-electron chi connectivity index (χ3n) is 5.13. The van der Waals surface area contributed by atoms with Crippen LogP contribution in [0.2, 0.25) is 0 Å². The van der Waals surface area contributed by atoms with Gasteiger partial charge in [-0.3, -0.25) is 4.79 Å². The van der Waals surface area contributed by atoms with Gasteiger partial charge in [0.25, 0.3) is 5.91 Å². The first-order chi connectivity index (χ1) is 14.4. The Kier molecular flexibility index (Phi) is 4.58. The van der Waals surface area contributed by atoms with Crippen molar-refractivity contribution in [2.45, 2.75) is 23.1 Å². The summed E-state index contributed by atoms with van der Waals surface area (Å²) in [6.45, 7) is 0.138. The molecule has 0 aliphatic carbocycles. The van der Waals surface area contributed by atoms with Crippen molar-refractivity contribution in [2.24, 2.45) is 0 Å². The van der Waals surface area contributed by atoms with Crippen LogP contribution >= 0.6 is 11.8 Å². The summed E-state index contributed by atoms with van der Waals surface area (Å²) in [7, 11) is -3.34. The molecule has 2 fully saturated rings. The second-order valence-electron chi connectivity index (χ2n) is 7.01. The number of rotatable bonds is 5. The Labute approximate surface area is 176 Å². The number of imidazole rings is 1. The standard InChI is InChI=1S/C19H17N3O6S2/c23-16-14(8-12-9-21-6-7-30(25,26)19(21)20-12)17-22(16)15(10-29-17)18(24)28-11-27-13-4-2-1-3-5-13/h1-5,8-9,15,17H,6-7,10-11H2. The van der Waals surface area contributed by atoms with Crippen molar-refractivity contribution in [1.29, 1.82) is 0 Å². The predicted octanol–water partition coefficient (Wildman–Crippen LogP) is 0.917. The summed E-state index contributed by atoms with van der Waals surface area (Å²) >= 11 is 1.46. The molecule has 0 bridgehead atoms. The Morgan fingerprint density at radius 3 is 2.87 bits per heavy atom.